The molecule has 2 heterocycles. The summed E-state index contributed by atoms with van der Waals surface area (Å²) in [5.41, 5.74) is 1.51. The van der Waals surface area contributed by atoms with Crippen LogP contribution >= 0.6 is 0 Å². The number of urea groups is 1. The molecule has 2 N–H and O–H groups in total. The zero-order valence-corrected chi connectivity index (χ0v) is 14.9. The third-order valence-electron chi connectivity index (χ3n) is 4.16. The summed E-state index contributed by atoms with van der Waals surface area (Å²) in [5, 5.41) is 5.72. The summed E-state index contributed by atoms with van der Waals surface area (Å²) in [6.07, 6.45) is 2.31. The lowest BCUT2D eigenvalue weighted by Gasteiger charge is -2.29. The molecule has 0 fully saturated rings. The van der Waals surface area contributed by atoms with Crippen molar-refractivity contribution in [2.75, 3.05) is 23.4 Å². The lowest BCUT2D eigenvalue weighted by molar-refractivity contribution is -0.115. The highest BCUT2D eigenvalue weighted by Gasteiger charge is 2.29. The van der Waals surface area contributed by atoms with Gasteiger partial charge in [0.25, 0.3) is 0 Å². The van der Waals surface area contributed by atoms with E-state index in [9.17, 15) is 9.59 Å². The number of carbonyl (C=O) groups is 2. The van der Waals surface area contributed by atoms with Crippen LogP contribution in [0.3, 0.4) is 0 Å². The maximum atomic E-state index is 12.8. The van der Waals surface area contributed by atoms with E-state index in [0.29, 0.717) is 18.1 Å². The molecular weight excluding hydrogens is 332 g/mol. The minimum absolute atomic E-state index is 0.0600. The van der Waals surface area contributed by atoms with Crippen LogP contribution in [-0.4, -0.2) is 30.1 Å². The van der Waals surface area contributed by atoms with Crippen LogP contribution in [-0.2, 0) is 4.79 Å². The van der Waals surface area contributed by atoms with Crippen LogP contribution in [0.1, 0.15) is 31.9 Å². The number of pyridine rings is 1. The summed E-state index contributed by atoms with van der Waals surface area (Å²) >= 11 is 0. The van der Waals surface area contributed by atoms with Crippen LogP contribution < -0.4 is 20.3 Å². The number of carbonyl (C=O) groups excluding carboxylic acids is 2. The van der Waals surface area contributed by atoms with Gasteiger partial charge in [-0.15, -0.1) is 0 Å². The van der Waals surface area contributed by atoms with Crippen LogP contribution in [0.2, 0.25) is 0 Å². The van der Waals surface area contributed by atoms with Gasteiger partial charge in [-0.3, -0.25) is 9.69 Å². The Morgan fingerprint density at radius 3 is 2.77 bits per heavy atom. The lowest BCUT2D eigenvalue weighted by Crippen LogP contribution is -2.48. The number of anilines is 2. The summed E-state index contributed by atoms with van der Waals surface area (Å²) < 4.78 is 5.45. The fraction of sp³-hybridized carbons (Fsp3) is 0.316. The Labute approximate surface area is 152 Å². The third kappa shape index (κ3) is 3.77. The molecule has 0 saturated heterocycles. The van der Waals surface area contributed by atoms with Gasteiger partial charge >= 0.3 is 6.03 Å². The monoisotopic (exact) mass is 354 g/mol. The molecule has 0 bridgehead atoms. The standard InChI is InChI=1S/C19H22N4O3/c1-3-15(13-7-9-14(10-8-13)26-4-2)22-19(25)23-12-17(24)21-16-6-5-11-20-18(16)23/h5-11,15H,3-4,12H2,1-2H3,(H,21,24)(H,22,25). The average molecular weight is 354 g/mol. The first-order chi connectivity index (χ1) is 12.6. The van der Waals surface area contributed by atoms with E-state index in [2.05, 4.69) is 15.6 Å². The Kier molecular flexibility index (Phi) is 5.36. The Hall–Kier alpha value is -3.09. The van der Waals surface area contributed by atoms with Gasteiger partial charge < -0.3 is 15.4 Å². The van der Waals surface area contributed by atoms with E-state index >= 15 is 0 Å². The number of ether oxygens (including phenoxy) is 1. The molecular formula is C19H22N4O3. The summed E-state index contributed by atoms with van der Waals surface area (Å²) in [6.45, 7) is 4.48. The molecule has 0 aliphatic carbocycles. The second-order valence-electron chi connectivity index (χ2n) is 5.92. The molecule has 7 nitrogen and oxygen atoms in total. The van der Waals surface area contributed by atoms with Crippen LogP contribution in [0, 0.1) is 0 Å². The Morgan fingerprint density at radius 2 is 2.08 bits per heavy atom. The van der Waals surface area contributed by atoms with Gasteiger partial charge in [0, 0.05) is 6.20 Å². The summed E-state index contributed by atoms with van der Waals surface area (Å²) in [7, 11) is 0. The fourth-order valence-corrected chi connectivity index (χ4v) is 2.90. The second-order valence-corrected chi connectivity index (χ2v) is 5.92. The van der Waals surface area contributed by atoms with Crippen molar-refractivity contribution < 1.29 is 14.3 Å². The van der Waals surface area contributed by atoms with Gasteiger partial charge in [0.15, 0.2) is 5.82 Å². The maximum absolute atomic E-state index is 12.8. The summed E-state index contributed by atoms with van der Waals surface area (Å²) in [4.78, 5) is 30.3. The number of hydrogen-bond acceptors (Lipinski definition) is 4. The number of nitrogens with zero attached hydrogens (tertiary/aromatic N) is 2. The topological polar surface area (TPSA) is 83.6 Å². The van der Waals surface area contributed by atoms with E-state index in [0.717, 1.165) is 17.7 Å². The molecule has 1 aliphatic heterocycles. The molecule has 26 heavy (non-hydrogen) atoms. The second kappa shape index (κ2) is 7.86. The highest BCUT2D eigenvalue weighted by molar-refractivity contribution is 6.08. The molecule has 136 valence electrons. The Bertz CT molecular complexity index is 792. The van der Waals surface area contributed by atoms with Gasteiger partial charge in [-0.1, -0.05) is 19.1 Å². The van der Waals surface area contributed by atoms with E-state index in [1.165, 1.54) is 4.90 Å². The molecule has 1 aromatic heterocycles. The fourth-order valence-electron chi connectivity index (χ4n) is 2.90. The first-order valence-electron chi connectivity index (χ1n) is 8.68. The van der Waals surface area contributed by atoms with Crippen molar-refractivity contribution in [3.05, 3.63) is 48.2 Å². The number of nitrogens with one attached hydrogen (secondary N) is 2. The van der Waals surface area contributed by atoms with Crippen molar-refractivity contribution in [1.82, 2.24) is 10.3 Å². The van der Waals surface area contributed by atoms with Gasteiger partial charge in [-0.25, -0.2) is 9.78 Å². The molecule has 3 rings (SSSR count). The van der Waals surface area contributed by atoms with Crippen LogP contribution in [0.4, 0.5) is 16.3 Å². The van der Waals surface area contributed by atoms with Crippen molar-refractivity contribution in [3.63, 3.8) is 0 Å². The van der Waals surface area contributed by atoms with Crippen LogP contribution in [0.25, 0.3) is 0 Å². The highest BCUT2D eigenvalue weighted by Crippen LogP contribution is 2.27. The van der Waals surface area contributed by atoms with Crippen LogP contribution in [0.15, 0.2) is 42.6 Å². The van der Waals surface area contributed by atoms with Crippen molar-refractivity contribution in [3.8, 4) is 5.75 Å². The van der Waals surface area contributed by atoms with E-state index in [1.807, 2.05) is 38.1 Å². The normalized spacial score (nSPS) is 14.2. The molecule has 3 amide bonds. The number of benzene rings is 1. The lowest BCUT2D eigenvalue weighted by atomic mass is 10.0. The van der Waals surface area contributed by atoms with Crippen molar-refractivity contribution in [1.29, 1.82) is 0 Å². The van der Waals surface area contributed by atoms with Gasteiger partial charge in [0.1, 0.15) is 12.3 Å². The third-order valence-corrected chi connectivity index (χ3v) is 4.16. The van der Waals surface area contributed by atoms with E-state index < -0.39 is 0 Å². The number of hydrogen-bond donors (Lipinski definition) is 2. The van der Waals surface area contributed by atoms with Crippen molar-refractivity contribution >= 4 is 23.4 Å². The predicted octanol–water partition coefficient (Wildman–Crippen LogP) is 3.10. The quantitative estimate of drug-likeness (QED) is 0.864. The Balaban J connectivity index is 1.76. The number of fused-ring (bicyclic) bond motifs is 1. The maximum Gasteiger partial charge on any atom is 0.324 e. The first-order valence-corrected chi connectivity index (χ1v) is 8.68. The molecule has 0 radical (unpaired) electrons. The van der Waals surface area contributed by atoms with Crippen LogP contribution in [0.5, 0.6) is 5.75 Å². The number of rotatable bonds is 5. The van der Waals surface area contributed by atoms with E-state index in [-0.39, 0.29) is 24.5 Å². The highest BCUT2D eigenvalue weighted by atomic mass is 16.5. The molecule has 1 atom stereocenters. The molecule has 1 unspecified atom stereocenters. The van der Waals surface area contributed by atoms with Gasteiger partial charge in [-0.05, 0) is 43.2 Å². The van der Waals surface area contributed by atoms with E-state index in [1.54, 1.807) is 18.3 Å². The SMILES string of the molecule is CCOc1ccc(C(CC)NC(=O)N2CC(=O)Nc3cccnc32)cc1. The number of amides is 3. The average Bonchev–Trinajstić information content (AvgIpc) is 2.66. The zero-order valence-electron chi connectivity index (χ0n) is 14.9. The molecule has 0 spiro atoms. The predicted molar refractivity (Wildman–Crippen MR) is 99.4 cm³/mol. The van der Waals surface area contributed by atoms with Crippen molar-refractivity contribution in [2.45, 2.75) is 26.3 Å². The Morgan fingerprint density at radius 1 is 1.31 bits per heavy atom. The number of aromatic nitrogens is 1. The molecule has 1 aromatic carbocycles. The minimum atomic E-state index is -0.347. The largest absolute Gasteiger partial charge is 0.494 e. The van der Waals surface area contributed by atoms with Gasteiger partial charge in [0.2, 0.25) is 5.91 Å². The molecule has 1 aliphatic rings. The first kappa shape index (κ1) is 17.7. The summed E-state index contributed by atoms with van der Waals surface area (Å²) in [6, 6.07) is 10.6. The molecule has 7 heteroatoms. The van der Waals surface area contributed by atoms with Crippen molar-refractivity contribution in [2.24, 2.45) is 0 Å². The van der Waals surface area contributed by atoms with E-state index in [4.69, 9.17) is 4.74 Å². The zero-order chi connectivity index (χ0) is 18.5. The molecule has 0 saturated carbocycles. The minimum Gasteiger partial charge on any atom is -0.494 e. The smallest absolute Gasteiger partial charge is 0.324 e. The summed E-state index contributed by atoms with van der Waals surface area (Å²) in [5.74, 6) is 1.00. The van der Waals surface area contributed by atoms with Gasteiger partial charge in [0.05, 0.1) is 18.3 Å². The van der Waals surface area contributed by atoms with Gasteiger partial charge in [-0.2, -0.15) is 0 Å². The molecule has 2 aromatic rings.